The Labute approximate surface area is 132 Å². The molecule has 1 aromatic heterocycles. The molecule has 0 radical (unpaired) electrons. The molecule has 122 valence electrons. The molecule has 5 nitrogen and oxygen atoms in total. The third-order valence-corrected chi connectivity index (χ3v) is 3.32. The molecule has 24 heavy (non-hydrogen) atoms. The lowest BCUT2D eigenvalue weighted by Gasteiger charge is -2.14. The molecule has 0 aliphatic carbocycles. The van der Waals surface area contributed by atoms with Gasteiger partial charge in [-0.3, -0.25) is 4.79 Å². The van der Waals surface area contributed by atoms with Crippen molar-refractivity contribution in [3.8, 4) is 23.3 Å². The van der Waals surface area contributed by atoms with Crippen LogP contribution in [-0.2, 0) is 6.18 Å². The van der Waals surface area contributed by atoms with Crippen molar-refractivity contribution in [2.24, 2.45) is 0 Å². The number of alkyl halides is 3. The number of anilines is 1. The molecule has 3 N–H and O–H groups in total. The smallest absolute Gasteiger partial charge is 0.384 e. The zero-order chi connectivity index (χ0) is 18.2. The van der Waals surface area contributed by atoms with Crippen LogP contribution in [0.25, 0.3) is 11.1 Å². The molecule has 0 spiro atoms. The molecule has 0 saturated carbocycles. The molecule has 0 atom stereocenters. The molecule has 0 amide bonds. The lowest BCUT2D eigenvalue weighted by atomic mass is 9.93. The number of hydrogen-bond acceptors (Lipinski definition) is 4. The summed E-state index contributed by atoms with van der Waals surface area (Å²) in [5, 5.41) is 18.3. The number of rotatable bonds is 1. The van der Waals surface area contributed by atoms with Gasteiger partial charge in [-0.15, -0.1) is 0 Å². The molecule has 0 unspecified atom stereocenters. The van der Waals surface area contributed by atoms with Crippen molar-refractivity contribution in [2.45, 2.75) is 13.1 Å². The fraction of sp³-hybridized carbons (Fsp3) is 0.133. The van der Waals surface area contributed by atoms with Gasteiger partial charge in [0.15, 0.2) is 0 Å². The molecule has 0 fully saturated rings. The van der Waals surface area contributed by atoms with Crippen LogP contribution in [0.4, 0.5) is 23.4 Å². The van der Waals surface area contributed by atoms with Gasteiger partial charge >= 0.3 is 6.18 Å². The van der Waals surface area contributed by atoms with Crippen LogP contribution in [-0.4, -0.2) is 4.98 Å². The molecule has 0 aliphatic rings. The van der Waals surface area contributed by atoms with Gasteiger partial charge in [0, 0.05) is 5.56 Å². The quantitative estimate of drug-likeness (QED) is 0.781. The van der Waals surface area contributed by atoms with Gasteiger partial charge in [-0.05, 0) is 30.2 Å². The molecular formula is C15H8F4N4O. The maximum Gasteiger partial charge on any atom is 0.419 e. The van der Waals surface area contributed by atoms with Crippen molar-refractivity contribution in [1.29, 1.82) is 10.5 Å². The second-order valence-electron chi connectivity index (χ2n) is 4.87. The van der Waals surface area contributed by atoms with E-state index >= 15 is 0 Å². The monoisotopic (exact) mass is 336 g/mol. The van der Waals surface area contributed by atoms with E-state index in [2.05, 4.69) is 4.98 Å². The van der Waals surface area contributed by atoms with Crippen LogP contribution in [0.5, 0.6) is 0 Å². The summed E-state index contributed by atoms with van der Waals surface area (Å²) in [4.78, 5) is 13.9. The van der Waals surface area contributed by atoms with Gasteiger partial charge in [-0.2, -0.15) is 23.7 Å². The largest absolute Gasteiger partial charge is 0.419 e. The van der Waals surface area contributed by atoms with Crippen molar-refractivity contribution in [3.63, 3.8) is 0 Å². The second-order valence-corrected chi connectivity index (χ2v) is 4.87. The van der Waals surface area contributed by atoms with Crippen molar-refractivity contribution >= 4 is 5.82 Å². The first-order valence-corrected chi connectivity index (χ1v) is 6.35. The van der Waals surface area contributed by atoms with Crippen LogP contribution < -0.4 is 11.3 Å². The molecule has 0 saturated heterocycles. The maximum atomic E-state index is 13.8. The number of nitrogens with two attached hydrogens (primary N) is 1. The maximum absolute atomic E-state index is 13.8. The average molecular weight is 336 g/mol. The molecule has 9 heteroatoms. The summed E-state index contributed by atoms with van der Waals surface area (Å²) in [6.45, 7) is 1.10. The number of pyridine rings is 1. The van der Waals surface area contributed by atoms with Crippen LogP contribution in [0.3, 0.4) is 0 Å². The number of nitriles is 2. The van der Waals surface area contributed by atoms with Crippen molar-refractivity contribution in [1.82, 2.24) is 4.98 Å². The van der Waals surface area contributed by atoms with Gasteiger partial charge in [0.2, 0.25) is 0 Å². The zero-order valence-corrected chi connectivity index (χ0v) is 12.0. The Morgan fingerprint density at radius 3 is 2.25 bits per heavy atom. The highest BCUT2D eigenvalue weighted by atomic mass is 19.4. The first-order valence-electron chi connectivity index (χ1n) is 6.35. The van der Waals surface area contributed by atoms with E-state index in [-0.39, 0.29) is 22.3 Å². The summed E-state index contributed by atoms with van der Waals surface area (Å²) in [6, 6.07) is 4.62. The van der Waals surface area contributed by atoms with E-state index in [0.717, 1.165) is 13.0 Å². The van der Waals surface area contributed by atoms with E-state index in [1.807, 2.05) is 0 Å². The zero-order valence-electron chi connectivity index (χ0n) is 12.0. The van der Waals surface area contributed by atoms with Gasteiger partial charge in [-0.25, -0.2) is 4.39 Å². The van der Waals surface area contributed by atoms with Crippen LogP contribution in [0, 0.1) is 35.4 Å². The van der Waals surface area contributed by atoms with Crippen LogP contribution in [0.1, 0.15) is 22.3 Å². The van der Waals surface area contributed by atoms with Crippen molar-refractivity contribution < 1.29 is 17.6 Å². The van der Waals surface area contributed by atoms with Gasteiger partial charge in [-0.1, -0.05) is 0 Å². The summed E-state index contributed by atoms with van der Waals surface area (Å²) in [6.07, 6.45) is -4.99. The molecule has 2 aromatic rings. The van der Waals surface area contributed by atoms with Crippen molar-refractivity contribution in [2.75, 3.05) is 5.73 Å². The van der Waals surface area contributed by atoms with Gasteiger partial charge < -0.3 is 10.7 Å². The van der Waals surface area contributed by atoms with E-state index in [0.29, 0.717) is 6.07 Å². The Hall–Kier alpha value is -3.33. The minimum absolute atomic E-state index is 0.299. The number of benzene rings is 1. The van der Waals surface area contributed by atoms with Crippen molar-refractivity contribution in [3.05, 3.63) is 50.6 Å². The highest BCUT2D eigenvalue weighted by molar-refractivity contribution is 5.80. The summed E-state index contributed by atoms with van der Waals surface area (Å²) >= 11 is 0. The van der Waals surface area contributed by atoms with E-state index in [1.54, 1.807) is 6.07 Å². The van der Waals surface area contributed by atoms with Crippen LogP contribution in [0.2, 0.25) is 0 Å². The third-order valence-electron chi connectivity index (χ3n) is 3.32. The number of nitrogen functional groups attached to an aromatic ring is 1. The van der Waals surface area contributed by atoms with E-state index in [9.17, 15) is 22.4 Å². The minimum Gasteiger partial charge on any atom is -0.384 e. The van der Waals surface area contributed by atoms with E-state index in [1.165, 1.54) is 6.07 Å². The number of nitrogens with one attached hydrogen (secondary N) is 1. The fourth-order valence-corrected chi connectivity index (χ4v) is 2.25. The predicted octanol–water partition coefficient (Wildman–Crippen LogP) is 2.83. The van der Waals surface area contributed by atoms with E-state index < -0.39 is 34.5 Å². The van der Waals surface area contributed by atoms with Crippen LogP contribution in [0.15, 0.2) is 16.9 Å². The number of aromatic amines is 1. The third kappa shape index (κ3) is 2.68. The summed E-state index contributed by atoms with van der Waals surface area (Å²) in [7, 11) is 0. The molecule has 0 aliphatic heterocycles. The average Bonchev–Trinajstić information content (AvgIpc) is 2.48. The molecular weight excluding hydrogens is 328 g/mol. The molecule has 0 bridgehead atoms. The van der Waals surface area contributed by atoms with Gasteiger partial charge in [0.25, 0.3) is 5.56 Å². The molecule has 2 rings (SSSR count). The Morgan fingerprint density at radius 1 is 1.17 bits per heavy atom. The summed E-state index contributed by atoms with van der Waals surface area (Å²) < 4.78 is 52.7. The summed E-state index contributed by atoms with van der Waals surface area (Å²) in [5.74, 6) is -1.87. The number of aromatic nitrogens is 1. The number of H-pyrrole nitrogens is 1. The van der Waals surface area contributed by atoms with Gasteiger partial charge in [0.1, 0.15) is 34.9 Å². The Bertz CT molecular complexity index is 977. The first-order chi connectivity index (χ1) is 11.1. The predicted molar refractivity (Wildman–Crippen MR) is 76.0 cm³/mol. The second kappa shape index (κ2) is 5.70. The Balaban J connectivity index is 2.99. The highest BCUT2D eigenvalue weighted by Gasteiger charge is 2.35. The normalized spacial score (nSPS) is 11.0. The lowest BCUT2D eigenvalue weighted by molar-refractivity contribution is -0.140. The minimum atomic E-state index is -4.99. The number of nitrogens with zero attached hydrogens (tertiary/aromatic N) is 2. The van der Waals surface area contributed by atoms with E-state index in [4.69, 9.17) is 16.3 Å². The Kier molecular flexibility index (Phi) is 4.05. The van der Waals surface area contributed by atoms with Gasteiger partial charge in [0.05, 0.1) is 5.56 Å². The van der Waals surface area contributed by atoms with Crippen LogP contribution >= 0.6 is 0 Å². The SMILES string of the molecule is Cc1cc(-c2c(C#N)c(N)[nH]c(=O)c2C#N)cc(C(F)(F)F)c1F. The summed E-state index contributed by atoms with van der Waals surface area (Å²) in [5.41, 5.74) is 1.00. The number of aryl methyl sites for hydroxylation is 1. The molecule has 1 aromatic carbocycles. The fourth-order valence-electron chi connectivity index (χ4n) is 2.25. The number of halogens is 4. The lowest BCUT2D eigenvalue weighted by Crippen LogP contribution is -2.17. The topological polar surface area (TPSA) is 106 Å². The Morgan fingerprint density at radius 2 is 1.75 bits per heavy atom. The standard InChI is InChI=1S/C15H8F4N4O/c1-6-2-7(3-10(12(6)16)15(17,18)19)11-8(4-20)13(22)23-14(24)9(11)5-21/h2-3H,1H3,(H3,22,23,24). The number of hydrogen-bond donors (Lipinski definition) is 2. The first kappa shape index (κ1) is 17.0. The highest BCUT2D eigenvalue weighted by Crippen LogP contribution is 2.37. The molecule has 1 heterocycles.